The van der Waals surface area contributed by atoms with Crippen LogP contribution in [0.2, 0.25) is 0 Å². The number of carbonyl (C=O) groups is 2. The molecule has 12 heteroatoms. The van der Waals surface area contributed by atoms with Gasteiger partial charge in [-0.3, -0.25) is 14.6 Å². The van der Waals surface area contributed by atoms with Crippen LogP contribution in [0.5, 0.6) is 0 Å². The standard InChI is InChI=1S/C24H18F3N7O2/c1-13(24(25,26)27)31-23(36)18-12-30-34-9-6-15(10-19(18)34)17-11-29-21-16(17)2-3-20(32-21)33-22(35)14-4-7-28-8-5-14/h2-13H,1H3,(H,31,36)(H2,29,32,33,35)/t13-/m1/s1. The molecule has 1 atom stereocenters. The smallest absolute Gasteiger partial charge is 0.345 e. The number of nitrogens with zero attached hydrogens (tertiary/aromatic N) is 4. The Hall–Kier alpha value is -4.74. The molecule has 9 nitrogen and oxygen atoms in total. The first-order valence-electron chi connectivity index (χ1n) is 10.8. The summed E-state index contributed by atoms with van der Waals surface area (Å²) in [7, 11) is 0. The van der Waals surface area contributed by atoms with Gasteiger partial charge in [-0.25, -0.2) is 9.50 Å². The van der Waals surface area contributed by atoms with Gasteiger partial charge in [0.2, 0.25) is 0 Å². The van der Waals surface area contributed by atoms with Crippen LogP contribution in [-0.4, -0.2) is 48.6 Å². The molecular formula is C24H18F3N7O2. The zero-order valence-electron chi connectivity index (χ0n) is 18.7. The fourth-order valence-corrected chi connectivity index (χ4v) is 3.68. The van der Waals surface area contributed by atoms with Gasteiger partial charge in [-0.05, 0) is 48.9 Å². The van der Waals surface area contributed by atoms with Gasteiger partial charge in [0.15, 0.2) is 0 Å². The SMILES string of the molecule is C[C@@H](NC(=O)c1cnn2ccc(-c3c[nH]c4nc(NC(=O)c5ccncc5)ccc34)cc12)C(F)(F)F. The fraction of sp³-hybridized carbons (Fsp3) is 0.125. The van der Waals surface area contributed by atoms with E-state index in [9.17, 15) is 22.8 Å². The molecule has 0 unspecified atom stereocenters. The lowest BCUT2D eigenvalue weighted by Crippen LogP contribution is -2.43. The number of anilines is 1. The quantitative estimate of drug-likeness (QED) is 0.339. The van der Waals surface area contributed by atoms with Crippen molar-refractivity contribution in [3.63, 3.8) is 0 Å². The molecule has 0 fully saturated rings. The number of fused-ring (bicyclic) bond motifs is 2. The van der Waals surface area contributed by atoms with E-state index in [1.807, 2.05) is 5.32 Å². The van der Waals surface area contributed by atoms with Crippen molar-refractivity contribution in [2.24, 2.45) is 0 Å². The second kappa shape index (κ2) is 8.80. The normalized spacial score (nSPS) is 12.6. The molecule has 0 bridgehead atoms. The van der Waals surface area contributed by atoms with Crippen molar-refractivity contribution in [3.8, 4) is 11.1 Å². The van der Waals surface area contributed by atoms with E-state index < -0.39 is 18.1 Å². The highest BCUT2D eigenvalue weighted by molar-refractivity contribution is 6.05. The summed E-state index contributed by atoms with van der Waals surface area (Å²) in [5.74, 6) is -0.850. The van der Waals surface area contributed by atoms with Gasteiger partial charge in [0, 0.05) is 41.3 Å². The molecule has 0 aliphatic heterocycles. The molecule has 0 saturated carbocycles. The summed E-state index contributed by atoms with van der Waals surface area (Å²) in [5.41, 5.74) is 2.78. The van der Waals surface area contributed by atoms with Crippen LogP contribution >= 0.6 is 0 Å². The molecule has 0 aromatic carbocycles. The first-order valence-corrected chi connectivity index (χ1v) is 10.8. The number of hydrogen-bond acceptors (Lipinski definition) is 5. The Morgan fingerprint density at radius 3 is 2.61 bits per heavy atom. The number of H-pyrrole nitrogens is 1. The van der Waals surface area contributed by atoms with E-state index in [0.717, 1.165) is 17.9 Å². The molecule has 0 aliphatic rings. The summed E-state index contributed by atoms with van der Waals surface area (Å²) < 4.78 is 40.0. The molecule has 0 radical (unpaired) electrons. The lowest BCUT2D eigenvalue weighted by Gasteiger charge is -2.16. The monoisotopic (exact) mass is 493 g/mol. The highest BCUT2D eigenvalue weighted by Gasteiger charge is 2.37. The molecule has 0 aliphatic carbocycles. The number of hydrogen-bond donors (Lipinski definition) is 3. The molecule has 2 amide bonds. The second-order valence-electron chi connectivity index (χ2n) is 8.03. The summed E-state index contributed by atoms with van der Waals surface area (Å²) in [4.78, 5) is 36.3. The maximum atomic E-state index is 12.9. The predicted molar refractivity (Wildman–Crippen MR) is 125 cm³/mol. The molecule has 36 heavy (non-hydrogen) atoms. The van der Waals surface area contributed by atoms with Crippen LogP contribution in [0.4, 0.5) is 19.0 Å². The molecule has 0 spiro atoms. The van der Waals surface area contributed by atoms with E-state index in [0.29, 0.717) is 28.1 Å². The number of nitrogens with one attached hydrogen (secondary N) is 3. The van der Waals surface area contributed by atoms with E-state index in [-0.39, 0.29) is 11.5 Å². The summed E-state index contributed by atoms with van der Waals surface area (Å²) in [6, 6.07) is 8.06. The zero-order chi connectivity index (χ0) is 25.4. The van der Waals surface area contributed by atoms with Crippen LogP contribution < -0.4 is 10.6 Å². The second-order valence-corrected chi connectivity index (χ2v) is 8.03. The van der Waals surface area contributed by atoms with E-state index in [1.165, 1.54) is 23.1 Å². The Morgan fingerprint density at radius 1 is 1.08 bits per heavy atom. The van der Waals surface area contributed by atoms with Crippen molar-refractivity contribution < 1.29 is 22.8 Å². The van der Waals surface area contributed by atoms with Crippen LogP contribution in [-0.2, 0) is 0 Å². The number of halogens is 3. The van der Waals surface area contributed by atoms with Crippen molar-refractivity contribution in [3.05, 3.63) is 78.5 Å². The van der Waals surface area contributed by atoms with Gasteiger partial charge in [0.25, 0.3) is 11.8 Å². The first kappa shape index (κ1) is 23.0. The molecule has 5 heterocycles. The third-order valence-corrected chi connectivity index (χ3v) is 5.64. The minimum atomic E-state index is -4.56. The molecule has 3 N–H and O–H groups in total. The van der Waals surface area contributed by atoms with Crippen molar-refractivity contribution in [2.75, 3.05) is 5.32 Å². The zero-order valence-corrected chi connectivity index (χ0v) is 18.7. The van der Waals surface area contributed by atoms with E-state index in [2.05, 4.69) is 25.4 Å². The molecule has 0 saturated heterocycles. The van der Waals surface area contributed by atoms with Crippen LogP contribution in [0, 0.1) is 0 Å². The van der Waals surface area contributed by atoms with E-state index in [1.54, 1.807) is 48.8 Å². The number of alkyl halides is 3. The lowest BCUT2D eigenvalue weighted by molar-refractivity contribution is -0.149. The van der Waals surface area contributed by atoms with Crippen LogP contribution in [0.3, 0.4) is 0 Å². The van der Waals surface area contributed by atoms with Gasteiger partial charge < -0.3 is 15.6 Å². The van der Waals surface area contributed by atoms with Gasteiger partial charge in [0.05, 0.1) is 17.3 Å². The topological polar surface area (TPSA) is 117 Å². The predicted octanol–water partition coefficient (Wildman–Crippen LogP) is 4.21. The minimum absolute atomic E-state index is 0.0204. The third-order valence-electron chi connectivity index (χ3n) is 5.64. The van der Waals surface area contributed by atoms with Crippen LogP contribution in [0.1, 0.15) is 27.6 Å². The average Bonchev–Trinajstić information content (AvgIpc) is 3.47. The molecule has 5 aromatic heterocycles. The lowest BCUT2D eigenvalue weighted by atomic mass is 10.1. The van der Waals surface area contributed by atoms with Gasteiger partial charge in [-0.2, -0.15) is 18.3 Å². The highest BCUT2D eigenvalue weighted by Crippen LogP contribution is 2.30. The number of pyridine rings is 3. The Bertz CT molecular complexity index is 1590. The van der Waals surface area contributed by atoms with Crippen LogP contribution in [0.25, 0.3) is 27.7 Å². The summed E-state index contributed by atoms with van der Waals surface area (Å²) in [6.45, 7) is 0.877. The summed E-state index contributed by atoms with van der Waals surface area (Å²) in [6.07, 6.45) is 3.05. The Labute approximate surface area is 201 Å². The Balaban J connectivity index is 1.43. The van der Waals surface area contributed by atoms with Crippen LogP contribution in [0.15, 0.2) is 67.4 Å². The number of amides is 2. The maximum Gasteiger partial charge on any atom is 0.408 e. The van der Waals surface area contributed by atoms with Crippen molar-refractivity contribution in [2.45, 2.75) is 19.1 Å². The number of carbonyl (C=O) groups excluding carboxylic acids is 2. The molecular weight excluding hydrogens is 475 g/mol. The Morgan fingerprint density at radius 2 is 1.86 bits per heavy atom. The summed E-state index contributed by atoms with van der Waals surface area (Å²) in [5, 5.41) is 9.51. The number of rotatable bonds is 5. The van der Waals surface area contributed by atoms with Crippen molar-refractivity contribution in [1.29, 1.82) is 0 Å². The average molecular weight is 493 g/mol. The number of aromatic nitrogens is 5. The van der Waals surface area contributed by atoms with Gasteiger partial charge in [-0.15, -0.1) is 0 Å². The highest BCUT2D eigenvalue weighted by atomic mass is 19.4. The van der Waals surface area contributed by atoms with Gasteiger partial charge in [-0.1, -0.05) is 0 Å². The molecule has 5 aromatic rings. The first-order chi connectivity index (χ1) is 17.2. The minimum Gasteiger partial charge on any atom is -0.345 e. The van der Waals surface area contributed by atoms with Crippen molar-refractivity contribution >= 4 is 34.2 Å². The Kier molecular flexibility index (Phi) is 5.63. The van der Waals surface area contributed by atoms with E-state index >= 15 is 0 Å². The summed E-state index contributed by atoms with van der Waals surface area (Å²) >= 11 is 0. The largest absolute Gasteiger partial charge is 0.408 e. The fourth-order valence-electron chi connectivity index (χ4n) is 3.68. The third kappa shape index (κ3) is 4.35. The van der Waals surface area contributed by atoms with E-state index in [4.69, 9.17) is 0 Å². The number of aromatic amines is 1. The molecule has 5 rings (SSSR count). The van der Waals surface area contributed by atoms with Crippen molar-refractivity contribution in [1.82, 2.24) is 29.9 Å². The maximum absolute atomic E-state index is 12.9. The van der Waals surface area contributed by atoms with Gasteiger partial charge >= 0.3 is 6.18 Å². The van der Waals surface area contributed by atoms with Gasteiger partial charge in [0.1, 0.15) is 17.5 Å². The molecule has 182 valence electrons.